The lowest BCUT2D eigenvalue weighted by Crippen LogP contribution is -2.52. The number of carbonyl (C=O) groups excluding carboxylic acids is 1. The van der Waals surface area contributed by atoms with Crippen molar-refractivity contribution in [1.29, 1.82) is 0 Å². The maximum absolute atomic E-state index is 13.0. The number of carbonyl (C=O) groups is 1. The van der Waals surface area contributed by atoms with Gasteiger partial charge in [-0.3, -0.25) is 4.79 Å². The van der Waals surface area contributed by atoms with E-state index < -0.39 is 12.1 Å². The molecule has 9 heteroatoms. The molecular weight excluding hydrogens is 377 g/mol. The van der Waals surface area contributed by atoms with Crippen LogP contribution in [0.2, 0.25) is 0 Å². The molecule has 1 aliphatic heterocycles. The van der Waals surface area contributed by atoms with Crippen molar-refractivity contribution in [2.24, 2.45) is 0 Å². The van der Waals surface area contributed by atoms with E-state index in [0.29, 0.717) is 28.9 Å². The number of benzene rings is 1. The maximum Gasteiger partial charge on any atom is 0.249 e. The second-order valence-electron chi connectivity index (χ2n) is 7.62. The van der Waals surface area contributed by atoms with Gasteiger partial charge in [0.2, 0.25) is 11.9 Å². The lowest BCUT2D eigenvalue weighted by molar-refractivity contribution is -0.119. The summed E-state index contributed by atoms with van der Waals surface area (Å²) in [6.45, 7) is 3.39. The topological polar surface area (TPSA) is 99.6 Å². The van der Waals surface area contributed by atoms with Crippen molar-refractivity contribution < 1.29 is 19.0 Å². The number of aromatic nitrogens is 2. The molecule has 0 radical (unpaired) electrons. The van der Waals surface area contributed by atoms with Crippen LogP contribution in [0.25, 0.3) is 0 Å². The molecule has 0 bridgehead atoms. The van der Waals surface area contributed by atoms with Gasteiger partial charge in [0.1, 0.15) is 29.4 Å². The lowest BCUT2D eigenvalue weighted by atomic mass is 9.89. The molecule has 1 aromatic heterocycles. The molecular formula is C20H24FN5O3. The Morgan fingerprint density at radius 1 is 1.31 bits per heavy atom. The molecule has 8 nitrogen and oxygen atoms in total. The monoisotopic (exact) mass is 401 g/mol. The fraction of sp³-hybridized carbons (Fsp3) is 0.450. The van der Waals surface area contributed by atoms with Gasteiger partial charge in [-0.15, -0.1) is 0 Å². The van der Waals surface area contributed by atoms with Crippen LogP contribution < -0.4 is 20.3 Å². The first-order chi connectivity index (χ1) is 13.8. The summed E-state index contributed by atoms with van der Waals surface area (Å²) >= 11 is 0. The normalized spacial score (nSPS) is 24.2. The Bertz CT molecular complexity index is 915. The summed E-state index contributed by atoms with van der Waals surface area (Å²) in [6.07, 6.45) is 0.772. The van der Waals surface area contributed by atoms with Crippen molar-refractivity contribution >= 4 is 23.4 Å². The van der Waals surface area contributed by atoms with Crippen molar-refractivity contribution in [1.82, 2.24) is 9.97 Å². The second-order valence-corrected chi connectivity index (χ2v) is 7.62. The summed E-state index contributed by atoms with van der Waals surface area (Å²) in [4.78, 5) is 23.0. The van der Waals surface area contributed by atoms with Gasteiger partial charge in [-0.2, -0.15) is 4.98 Å². The van der Waals surface area contributed by atoms with Gasteiger partial charge in [0, 0.05) is 25.9 Å². The van der Waals surface area contributed by atoms with Crippen LogP contribution in [0.4, 0.5) is 21.8 Å². The van der Waals surface area contributed by atoms with Crippen LogP contribution in [0.15, 0.2) is 24.3 Å². The number of nitrogens with zero attached hydrogens (tertiary/aromatic N) is 3. The van der Waals surface area contributed by atoms with Crippen LogP contribution in [0.5, 0.6) is 5.75 Å². The standard InChI is InChI=1S/C20H24FN5O3/c1-10-16-18(26(3)17(11(2)27)19(28)24-16)25-20(22-10)23-13-8-15(9-13)29-14-6-4-12(21)5-7-14/h4-7,11,13,15,17,27H,8-9H2,1-3H3,(H,24,28)(H,22,23,25)/t11-,13-,15-,17+/m1/s1. The van der Waals surface area contributed by atoms with Crippen LogP contribution in [0, 0.1) is 12.7 Å². The minimum atomic E-state index is -0.837. The molecule has 1 aromatic carbocycles. The third-order valence-corrected chi connectivity index (χ3v) is 5.34. The first-order valence-corrected chi connectivity index (χ1v) is 9.61. The van der Waals surface area contributed by atoms with Gasteiger partial charge >= 0.3 is 0 Å². The molecule has 2 aliphatic rings. The molecule has 4 rings (SSSR count). The minimum absolute atomic E-state index is 0.0540. The first kappa shape index (κ1) is 19.4. The number of rotatable bonds is 5. The molecule has 0 unspecified atom stereocenters. The molecule has 29 heavy (non-hydrogen) atoms. The van der Waals surface area contributed by atoms with Crippen LogP contribution >= 0.6 is 0 Å². The van der Waals surface area contributed by atoms with Gasteiger partial charge in [0.25, 0.3) is 0 Å². The predicted molar refractivity (Wildman–Crippen MR) is 107 cm³/mol. The Hall–Kier alpha value is -2.94. The number of amides is 1. The van der Waals surface area contributed by atoms with E-state index in [1.807, 2.05) is 6.92 Å². The number of fused-ring (bicyclic) bond motifs is 1. The number of likely N-dealkylation sites (N-methyl/N-ethyl adjacent to an activating group) is 1. The molecule has 2 aromatic rings. The van der Waals surface area contributed by atoms with Gasteiger partial charge in [-0.05, 0) is 38.1 Å². The fourth-order valence-electron chi connectivity index (χ4n) is 3.74. The number of anilines is 3. The zero-order valence-electron chi connectivity index (χ0n) is 16.5. The SMILES string of the molecule is Cc1nc(N[C@H]2C[C@H](Oc3ccc(F)cc3)C2)nc2c1NC(=O)[C@H]([C@@H](C)O)N2C. The van der Waals surface area contributed by atoms with E-state index >= 15 is 0 Å². The highest BCUT2D eigenvalue weighted by atomic mass is 19.1. The molecule has 1 fully saturated rings. The summed E-state index contributed by atoms with van der Waals surface area (Å²) in [5.74, 6) is 1.13. The number of hydrogen-bond donors (Lipinski definition) is 3. The number of ether oxygens (including phenoxy) is 1. The summed E-state index contributed by atoms with van der Waals surface area (Å²) < 4.78 is 18.8. The van der Waals surface area contributed by atoms with Crippen LogP contribution in [0.3, 0.4) is 0 Å². The van der Waals surface area contributed by atoms with Gasteiger partial charge in [-0.25, -0.2) is 9.37 Å². The molecule has 0 saturated heterocycles. The van der Waals surface area contributed by atoms with Crippen LogP contribution in [0.1, 0.15) is 25.5 Å². The largest absolute Gasteiger partial charge is 0.490 e. The number of aliphatic hydroxyl groups excluding tert-OH is 1. The number of halogens is 1. The van der Waals surface area contributed by atoms with E-state index in [2.05, 4.69) is 20.6 Å². The molecule has 154 valence electrons. The summed E-state index contributed by atoms with van der Waals surface area (Å²) in [7, 11) is 1.74. The Balaban J connectivity index is 1.41. The van der Waals surface area contributed by atoms with E-state index in [1.165, 1.54) is 12.1 Å². The zero-order chi connectivity index (χ0) is 20.7. The summed E-state index contributed by atoms with van der Waals surface area (Å²) in [5, 5.41) is 16.0. The van der Waals surface area contributed by atoms with Gasteiger partial charge in [0.05, 0.1) is 11.8 Å². The zero-order valence-corrected chi connectivity index (χ0v) is 16.5. The smallest absolute Gasteiger partial charge is 0.249 e. The van der Waals surface area contributed by atoms with Crippen molar-refractivity contribution in [3.63, 3.8) is 0 Å². The molecule has 2 heterocycles. The minimum Gasteiger partial charge on any atom is -0.490 e. The third kappa shape index (κ3) is 3.82. The van der Waals surface area contributed by atoms with E-state index in [-0.39, 0.29) is 23.9 Å². The summed E-state index contributed by atoms with van der Waals surface area (Å²) in [5.41, 5.74) is 1.21. The Labute approximate surface area is 168 Å². The highest BCUT2D eigenvalue weighted by molar-refractivity contribution is 6.03. The molecule has 2 atom stereocenters. The average Bonchev–Trinajstić information content (AvgIpc) is 2.62. The number of nitrogens with one attached hydrogen (secondary N) is 2. The van der Waals surface area contributed by atoms with Crippen molar-refractivity contribution in [2.45, 2.75) is 51.0 Å². The van der Waals surface area contributed by atoms with Crippen molar-refractivity contribution in [3.05, 3.63) is 35.8 Å². The van der Waals surface area contributed by atoms with E-state index in [4.69, 9.17) is 4.74 Å². The maximum atomic E-state index is 13.0. The fourth-order valence-corrected chi connectivity index (χ4v) is 3.74. The molecule has 1 saturated carbocycles. The van der Waals surface area contributed by atoms with E-state index in [9.17, 15) is 14.3 Å². The van der Waals surface area contributed by atoms with Gasteiger partial charge in [-0.1, -0.05) is 0 Å². The lowest BCUT2D eigenvalue weighted by Gasteiger charge is -2.38. The van der Waals surface area contributed by atoms with E-state index in [0.717, 1.165) is 12.8 Å². The Morgan fingerprint density at radius 2 is 2.00 bits per heavy atom. The molecule has 3 N–H and O–H groups in total. The number of aryl methyl sites for hydroxylation is 1. The quantitative estimate of drug-likeness (QED) is 0.705. The van der Waals surface area contributed by atoms with Crippen LogP contribution in [-0.2, 0) is 4.79 Å². The molecule has 1 aliphatic carbocycles. The average molecular weight is 401 g/mol. The Morgan fingerprint density at radius 3 is 2.66 bits per heavy atom. The molecule has 1 amide bonds. The van der Waals surface area contributed by atoms with Crippen molar-refractivity contribution in [2.75, 3.05) is 22.6 Å². The van der Waals surface area contributed by atoms with E-state index in [1.54, 1.807) is 31.0 Å². The van der Waals surface area contributed by atoms with Gasteiger partial charge in [0.15, 0.2) is 5.82 Å². The highest BCUT2D eigenvalue weighted by Gasteiger charge is 2.37. The Kier molecular flexibility index (Phi) is 4.99. The van der Waals surface area contributed by atoms with Crippen molar-refractivity contribution in [3.8, 4) is 5.75 Å². The number of hydrogen-bond acceptors (Lipinski definition) is 7. The third-order valence-electron chi connectivity index (χ3n) is 5.34. The van der Waals surface area contributed by atoms with Gasteiger partial charge < -0.3 is 25.4 Å². The highest BCUT2D eigenvalue weighted by Crippen LogP contribution is 2.34. The number of aliphatic hydroxyl groups is 1. The predicted octanol–water partition coefficient (Wildman–Crippen LogP) is 2.08. The first-order valence-electron chi connectivity index (χ1n) is 9.61. The molecule has 0 spiro atoms. The van der Waals surface area contributed by atoms with Crippen LogP contribution in [-0.4, -0.2) is 52.3 Å². The summed E-state index contributed by atoms with van der Waals surface area (Å²) in [6, 6.07) is 5.45. The second kappa shape index (κ2) is 7.47.